The normalized spacial score (nSPS) is 14.6. The van der Waals surface area contributed by atoms with Crippen molar-refractivity contribution >= 4 is 55.6 Å². The van der Waals surface area contributed by atoms with Crippen LogP contribution in [0.25, 0.3) is 10.2 Å². The first-order valence-electron chi connectivity index (χ1n) is 10.8. The Morgan fingerprint density at radius 3 is 2.65 bits per heavy atom. The maximum Gasteiger partial charge on any atom is 0.240 e. The van der Waals surface area contributed by atoms with Crippen molar-refractivity contribution in [1.82, 2.24) is 14.8 Å². The molecule has 7 nitrogen and oxygen atoms in total. The number of hydrogen-bond donors (Lipinski definition) is 1. The number of carbonyl (C=O) groups is 2. The summed E-state index contributed by atoms with van der Waals surface area (Å²) in [6.45, 7) is 7.55. The Morgan fingerprint density at radius 1 is 1.19 bits per heavy atom. The molecule has 1 fully saturated rings. The average Bonchev–Trinajstić information content (AvgIpc) is 3.13. The van der Waals surface area contributed by atoms with Crippen LogP contribution in [-0.4, -0.2) is 70.8 Å². The van der Waals surface area contributed by atoms with Gasteiger partial charge in [-0.05, 0) is 56.2 Å². The summed E-state index contributed by atoms with van der Waals surface area (Å²) < 4.78 is 6.50. The quantitative estimate of drug-likeness (QED) is 0.428. The Balaban J connectivity index is 1.41. The molecule has 9 heteroatoms. The molecule has 1 aliphatic rings. The number of nitrogens with zero attached hydrogens (tertiary/aromatic N) is 3. The first-order valence-corrected chi connectivity index (χ1v) is 12.0. The Bertz CT molecular complexity index is 923. The molecule has 1 aliphatic heterocycles. The lowest BCUT2D eigenvalue weighted by molar-refractivity contribution is -0.133. The molecule has 31 heavy (non-hydrogen) atoms. The molecule has 0 bridgehead atoms. The average molecular weight is 463 g/mol. The molecule has 2 aromatic rings. The fourth-order valence-corrected chi connectivity index (χ4v) is 4.60. The Hall–Kier alpha value is -2.10. The van der Waals surface area contributed by atoms with Crippen molar-refractivity contribution < 1.29 is 14.3 Å². The number of anilines is 1. The Morgan fingerprint density at radius 2 is 1.94 bits per heavy atom. The predicted octanol–water partition coefficient (Wildman–Crippen LogP) is 3.73. The number of thiocarbonyl (C=S) groups is 1. The summed E-state index contributed by atoms with van der Waals surface area (Å²) in [4.78, 5) is 34.3. The second kappa shape index (κ2) is 11.5. The van der Waals surface area contributed by atoms with E-state index in [0.717, 1.165) is 40.1 Å². The van der Waals surface area contributed by atoms with Gasteiger partial charge in [0.05, 0.1) is 23.4 Å². The Kier molecular flexibility index (Phi) is 8.74. The molecule has 0 radical (unpaired) electrons. The third-order valence-corrected chi connectivity index (χ3v) is 6.32. The van der Waals surface area contributed by atoms with Crippen LogP contribution in [0.1, 0.15) is 39.5 Å². The van der Waals surface area contributed by atoms with Crippen molar-refractivity contribution in [3.63, 3.8) is 0 Å². The summed E-state index contributed by atoms with van der Waals surface area (Å²) in [6, 6.07) is 5.73. The second-order valence-electron chi connectivity index (χ2n) is 7.70. The highest BCUT2D eigenvalue weighted by Gasteiger charge is 2.22. The molecular weight excluding hydrogens is 432 g/mol. The fourth-order valence-electron chi connectivity index (χ4n) is 3.54. The zero-order chi connectivity index (χ0) is 22.2. The standard InChI is InChI=1S/C22H30N4O3S2/c1-3-29-17-8-9-18-19(14-17)31-22(23-18)24-20(27)15-25-10-12-26(13-11-25)21(28)7-5-4-6-16(2)30/h8-9,14H,3-7,10-13,15H2,1-2H3,(H,23,24,27). The highest BCUT2D eigenvalue weighted by atomic mass is 32.1. The highest BCUT2D eigenvalue weighted by molar-refractivity contribution is 7.80. The van der Waals surface area contributed by atoms with Crippen molar-refractivity contribution in [2.24, 2.45) is 0 Å². The number of rotatable bonds is 10. The number of thiazole rings is 1. The van der Waals surface area contributed by atoms with Crippen LogP contribution in [0.3, 0.4) is 0 Å². The van der Waals surface area contributed by atoms with Crippen LogP contribution >= 0.6 is 23.6 Å². The van der Waals surface area contributed by atoms with Crippen molar-refractivity contribution in [2.45, 2.75) is 39.5 Å². The van der Waals surface area contributed by atoms with Gasteiger partial charge >= 0.3 is 0 Å². The van der Waals surface area contributed by atoms with Crippen molar-refractivity contribution in [3.05, 3.63) is 18.2 Å². The number of unbranched alkanes of at least 4 members (excludes halogenated alkanes) is 1. The number of aromatic nitrogens is 1. The molecule has 1 N–H and O–H groups in total. The second-order valence-corrected chi connectivity index (χ2v) is 9.42. The van der Waals surface area contributed by atoms with E-state index in [0.29, 0.717) is 50.9 Å². The molecule has 1 aromatic carbocycles. The summed E-state index contributed by atoms with van der Waals surface area (Å²) in [5, 5.41) is 3.49. The van der Waals surface area contributed by atoms with E-state index in [1.165, 1.54) is 11.3 Å². The number of amides is 2. The van der Waals surface area contributed by atoms with Gasteiger partial charge in [0, 0.05) is 32.6 Å². The molecule has 1 saturated heterocycles. The predicted molar refractivity (Wildman–Crippen MR) is 129 cm³/mol. The van der Waals surface area contributed by atoms with E-state index in [1.807, 2.05) is 36.9 Å². The van der Waals surface area contributed by atoms with Crippen LogP contribution in [0.15, 0.2) is 18.2 Å². The van der Waals surface area contributed by atoms with E-state index in [2.05, 4.69) is 15.2 Å². The van der Waals surface area contributed by atoms with Crippen LogP contribution in [0.4, 0.5) is 5.13 Å². The van der Waals surface area contributed by atoms with Gasteiger partial charge in [-0.3, -0.25) is 14.5 Å². The number of nitrogens with one attached hydrogen (secondary N) is 1. The number of hydrogen-bond acceptors (Lipinski definition) is 7. The maximum absolute atomic E-state index is 12.5. The minimum absolute atomic E-state index is 0.0839. The van der Waals surface area contributed by atoms with Crippen molar-refractivity contribution in [1.29, 1.82) is 0 Å². The van der Waals surface area contributed by atoms with Crippen LogP contribution in [0, 0.1) is 0 Å². The van der Waals surface area contributed by atoms with Gasteiger partial charge in [-0.1, -0.05) is 23.6 Å². The number of ether oxygens (including phenoxy) is 1. The Labute approximate surface area is 192 Å². The summed E-state index contributed by atoms with van der Waals surface area (Å²) >= 11 is 6.52. The molecule has 3 rings (SSSR count). The number of carbonyl (C=O) groups excluding carboxylic acids is 2. The van der Waals surface area contributed by atoms with E-state index in [4.69, 9.17) is 17.0 Å². The van der Waals surface area contributed by atoms with Crippen LogP contribution < -0.4 is 10.1 Å². The molecule has 168 valence electrons. The zero-order valence-corrected chi connectivity index (χ0v) is 19.8. The van der Waals surface area contributed by atoms with Crippen LogP contribution in [-0.2, 0) is 9.59 Å². The minimum atomic E-state index is -0.0839. The molecule has 0 saturated carbocycles. The third kappa shape index (κ3) is 7.22. The molecule has 0 spiro atoms. The third-order valence-electron chi connectivity index (χ3n) is 5.18. The minimum Gasteiger partial charge on any atom is -0.494 e. The van der Waals surface area contributed by atoms with Crippen LogP contribution in [0.5, 0.6) is 5.75 Å². The SMILES string of the molecule is CCOc1ccc2nc(NC(=O)CN3CCN(C(=O)CCCCC(C)=S)CC3)sc2c1. The van der Waals surface area contributed by atoms with E-state index in [9.17, 15) is 9.59 Å². The molecule has 1 aromatic heterocycles. The first-order chi connectivity index (χ1) is 14.9. The zero-order valence-electron chi connectivity index (χ0n) is 18.2. The lowest BCUT2D eigenvalue weighted by atomic mass is 10.1. The number of fused-ring (bicyclic) bond motifs is 1. The smallest absolute Gasteiger partial charge is 0.240 e. The number of piperazine rings is 1. The topological polar surface area (TPSA) is 74.8 Å². The molecular formula is C22H30N4O3S2. The van der Waals surface area contributed by atoms with E-state index in [-0.39, 0.29) is 11.8 Å². The largest absolute Gasteiger partial charge is 0.494 e. The lowest BCUT2D eigenvalue weighted by Crippen LogP contribution is -2.50. The van der Waals surface area contributed by atoms with Gasteiger partial charge in [-0.15, -0.1) is 0 Å². The van der Waals surface area contributed by atoms with E-state index < -0.39 is 0 Å². The summed E-state index contributed by atoms with van der Waals surface area (Å²) in [5.41, 5.74) is 0.844. The molecule has 0 aliphatic carbocycles. The van der Waals surface area contributed by atoms with E-state index >= 15 is 0 Å². The number of benzene rings is 1. The molecule has 2 heterocycles. The summed E-state index contributed by atoms with van der Waals surface area (Å²) in [7, 11) is 0. The van der Waals surface area contributed by atoms with Crippen molar-refractivity contribution in [3.8, 4) is 5.75 Å². The van der Waals surface area contributed by atoms with Gasteiger partial charge in [0.25, 0.3) is 0 Å². The summed E-state index contributed by atoms with van der Waals surface area (Å²) in [6.07, 6.45) is 3.34. The van der Waals surface area contributed by atoms with Gasteiger partial charge in [0.1, 0.15) is 5.75 Å². The van der Waals surface area contributed by atoms with Gasteiger partial charge in [0.2, 0.25) is 11.8 Å². The maximum atomic E-state index is 12.5. The monoisotopic (exact) mass is 462 g/mol. The highest BCUT2D eigenvalue weighted by Crippen LogP contribution is 2.29. The van der Waals surface area contributed by atoms with E-state index in [1.54, 1.807) is 0 Å². The molecule has 0 atom stereocenters. The van der Waals surface area contributed by atoms with Gasteiger partial charge in [0.15, 0.2) is 5.13 Å². The van der Waals surface area contributed by atoms with Gasteiger partial charge in [-0.2, -0.15) is 0 Å². The van der Waals surface area contributed by atoms with Gasteiger partial charge in [-0.25, -0.2) is 4.98 Å². The lowest BCUT2D eigenvalue weighted by Gasteiger charge is -2.34. The van der Waals surface area contributed by atoms with Gasteiger partial charge < -0.3 is 15.0 Å². The molecule has 0 unspecified atom stereocenters. The fraction of sp³-hybridized carbons (Fsp3) is 0.545. The van der Waals surface area contributed by atoms with Crippen LogP contribution in [0.2, 0.25) is 0 Å². The molecule has 2 amide bonds. The summed E-state index contributed by atoms with van der Waals surface area (Å²) in [5.74, 6) is 0.921. The van der Waals surface area contributed by atoms with Crippen molar-refractivity contribution in [2.75, 3.05) is 44.6 Å². The first kappa shape index (κ1) is 23.6.